The van der Waals surface area contributed by atoms with E-state index in [1.165, 1.54) is 11.3 Å². The van der Waals surface area contributed by atoms with Crippen LogP contribution in [0.5, 0.6) is 0 Å². The van der Waals surface area contributed by atoms with Crippen LogP contribution in [-0.4, -0.2) is 29.3 Å². The maximum Gasteiger partial charge on any atom is 0.340 e. The van der Waals surface area contributed by atoms with Crippen molar-refractivity contribution in [3.05, 3.63) is 49.1 Å². The number of aliphatic hydroxyl groups excluding tert-OH is 1. The molecule has 3 rings (SSSR count). The summed E-state index contributed by atoms with van der Waals surface area (Å²) in [5.74, 6) is 5.94. The number of rotatable bonds is 2. The van der Waals surface area contributed by atoms with Crippen molar-refractivity contribution in [1.82, 2.24) is 0 Å². The number of benzene rings is 1. The number of anilines is 1. The van der Waals surface area contributed by atoms with Crippen molar-refractivity contribution in [2.45, 2.75) is 52.2 Å². The van der Waals surface area contributed by atoms with Crippen molar-refractivity contribution >= 4 is 38.9 Å². The first kappa shape index (κ1) is 20.9. The van der Waals surface area contributed by atoms with Gasteiger partial charge in [-0.25, -0.2) is 4.79 Å². The number of ether oxygens (including phenoxy) is 1. The molecule has 0 radical (unpaired) electrons. The molecule has 2 heterocycles. The van der Waals surface area contributed by atoms with Gasteiger partial charge < -0.3 is 15.2 Å². The fraction of sp³-hybridized carbons (Fsp3) is 0.409. The number of nitrogens with one attached hydrogen (secondary N) is 1. The Labute approximate surface area is 178 Å². The Hall–Kier alpha value is -1.81. The third-order valence-electron chi connectivity index (χ3n) is 5.09. The number of aryl methyl sites for hydroxylation is 1. The first-order valence-electron chi connectivity index (χ1n) is 9.23. The normalized spacial score (nSPS) is 19.8. The molecule has 0 bridgehead atoms. The second-order valence-electron chi connectivity index (χ2n) is 7.55. The number of fused-ring (bicyclic) bond motifs is 1. The van der Waals surface area contributed by atoms with Crippen LogP contribution in [0.4, 0.5) is 5.69 Å². The van der Waals surface area contributed by atoms with Crippen LogP contribution >= 0.6 is 27.3 Å². The Morgan fingerprint density at radius 2 is 2.14 bits per heavy atom. The van der Waals surface area contributed by atoms with Crippen molar-refractivity contribution in [3.63, 3.8) is 0 Å². The van der Waals surface area contributed by atoms with E-state index < -0.39 is 11.6 Å². The van der Waals surface area contributed by atoms with Crippen molar-refractivity contribution < 1.29 is 14.6 Å². The molecule has 2 atom stereocenters. The number of aliphatic hydroxyl groups is 1. The largest absolute Gasteiger partial charge is 0.462 e. The molecular weight excluding hydrogens is 438 g/mol. The molecule has 0 aliphatic carbocycles. The molecule has 2 N–H and O–H groups in total. The third-order valence-corrected chi connectivity index (χ3v) is 6.55. The van der Waals surface area contributed by atoms with Gasteiger partial charge in [0.2, 0.25) is 0 Å². The summed E-state index contributed by atoms with van der Waals surface area (Å²) in [4.78, 5) is 12.8. The van der Waals surface area contributed by atoms with E-state index in [9.17, 15) is 9.90 Å². The fourth-order valence-corrected chi connectivity index (χ4v) is 5.01. The van der Waals surface area contributed by atoms with E-state index in [4.69, 9.17) is 4.74 Å². The second-order valence-corrected chi connectivity index (χ2v) is 9.32. The molecule has 2 aromatic rings. The number of esters is 1. The monoisotopic (exact) mass is 461 g/mol. The topological polar surface area (TPSA) is 58.6 Å². The van der Waals surface area contributed by atoms with E-state index in [0.717, 1.165) is 26.9 Å². The highest BCUT2D eigenvalue weighted by Gasteiger charge is 2.40. The summed E-state index contributed by atoms with van der Waals surface area (Å²) in [5.41, 5.74) is 4.01. The highest BCUT2D eigenvalue weighted by Crippen LogP contribution is 2.44. The second kappa shape index (κ2) is 7.90. The highest BCUT2D eigenvalue weighted by atomic mass is 79.9. The standard InChI is InChI=1S/C22H24BrNO3S/c1-6-27-21(26)15-9-10-28-17(15)8-7-14-16(23)11-12(2)19-18(14)13(3)20(25)22(4,5)24-19/h9-11,13,20,24-25H,6H2,1-5H3/t13-,20?/m0/s1. The number of carbonyl (C=O) groups is 1. The quantitative estimate of drug-likeness (QED) is 0.484. The lowest BCUT2D eigenvalue weighted by atomic mass is 9.76. The molecule has 6 heteroatoms. The SMILES string of the molecule is CCOC(=O)c1ccsc1C#Cc1c(Br)cc(C)c2c1[C@H](C)C(O)C(C)(C)N2. The van der Waals surface area contributed by atoms with Crippen LogP contribution in [0.2, 0.25) is 0 Å². The molecule has 1 aromatic carbocycles. The molecule has 0 saturated carbocycles. The molecule has 1 aliphatic heterocycles. The molecule has 0 spiro atoms. The van der Waals surface area contributed by atoms with Gasteiger partial charge in [0.25, 0.3) is 0 Å². The van der Waals surface area contributed by atoms with Gasteiger partial charge in [-0.15, -0.1) is 11.3 Å². The van der Waals surface area contributed by atoms with E-state index in [1.54, 1.807) is 13.0 Å². The lowest BCUT2D eigenvalue weighted by Crippen LogP contribution is -2.50. The van der Waals surface area contributed by atoms with Gasteiger partial charge in [-0.2, -0.15) is 0 Å². The molecule has 148 valence electrons. The van der Waals surface area contributed by atoms with Gasteiger partial charge >= 0.3 is 5.97 Å². The minimum atomic E-state index is -0.550. The Morgan fingerprint density at radius 3 is 2.82 bits per heavy atom. The predicted octanol–water partition coefficient (Wildman–Crippen LogP) is 5.06. The van der Waals surface area contributed by atoms with E-state index in [2.05, 4.69) is 33.1 Å². The minimum absolute atomic E-state index is 0.0837. The van der Waals surface area contributed by atoms with Crippen LogP contribution < -0.4 is 5.32 Å². The minimum Gasteiger partial charge on any atom is -0.462 e. The van der Waals surface area contributed by atoms with Crippen LogP contribution in [0.15, 0.2) is 22.0 Å². The van der Waals surface area contributed by atoms with Gasteiger partial charge in [-0.05, 0) is 78.2 Å². The van der Waals surface area contributed by atoms with Crippen LogP contribution in [0, 0.1) is 18.8 Å². The van der Waals surface area contributed by atoms with E-state index >= 15 is 0 Å². The highest BCUT2D eigenvalue weighted by molar-refractivity contribution is 9.10. The predicted molar refractivity (Wildman–Crippen MR) is 117 cm³/mol. The first-order chi connectivity index (χ1) is 13.2. The van der Waals surface area contributed by atoms with Gasteiger partial charge in [0, 0.05) is 21.6 Å². The zero-order chi connectivity index (χ0) is 20.6. The summed E-state index contributed by atoms with van der Waals surface area (Å²) in [6.07, 6.45) is -0.550. The summed E-state index contributed by atoms with van der Waals surface area (Å²) < 4.78 is 5.99. The molecule has 4 nitrogen and oxygen atoms in total. The smallest absolute Gasteiger partial charge is 0.340 e. The Bertz CT molecular complexity index is 984. The van der Waals surface area contributed by atoms with Crippen molar-refractivity contribution in [2.24, 2.45) is 0 Å². The van der Waals surface area contributed by atoms with E-state index in [1.807, 2.05) is 39.1 Å². The Balaban J connectivity index is 2.11. The third kappa shape index (κ3) is 3.71. The Kier molecular flexibility index (Phi) is 5.90. The number of thiophene rings is 1. The number of carbonyl (C=O) groups excluding carboxylic acids is 1. The number of hydrogen-bond donors (Lipinski definition) is 2. The zero-order valence-electron chi connectivity index (χ0n) is 16.6. The van der Waals surface area contributed by atoms with Crippen molar-refractivity contribution in [1.29, 1.82) is 0 Å². The van der Waals surface area contributed by atoms with Crippen LogP contribution in [0.1, 0.15) is 65.5 Å². The van der Waals surface area contributed by atoms with Crippen molar-refractivity contribution in [2.75, 3.05) is 11.9 Å². The molecule has 1 unspecified atom stereocenters. The van der Waals surface area contributed by atoms with Gasteiger partial charge in [0.15, 0.2) is 0 Å². The molecule has 0 amide bonds. The summed E-state index contributed by atoms with van der Waals surface area (Å²) in [7, 11) is 0. The zero-order valence-corrected chi connectivity index (χ0v) is 19.0. The van der Waals surface area contributed by atoms with Crippen LogP contribution in [0.3, 0.4) is 0 Å². The Morgan fingerprint density at radius 1 is 1.43 bits per heavy atom. The number of halogens is 1. The lowest BCUT2D eigenvalue weighted by Gasteiger charge is -2.43. The van der Waals surface area contributed by atoms with Gasteiger partial charge in [0.1, 0.15) is 0 Å². The first-order valence-corrected chi connectivity index (χ1v) is 10.9. The van der Waals surface area contributed by atoms with Gasteiger partial charge in [-0.3, -0.25) is 0 Å². The van der Waals surface area contributed by atoms with Crippen molar-refractivity contribution in [3.8, 4) is 11.8 Å². The lowest BCUT2D eigenvalue weighted by molar-refractivity contribution is 0.0526. The van der Waals surface area contributed by atoms with E-state index in [-0.39, 0.29) is 11.9 Å². The summed E-state index contributed by atoms with van der Waals surface area (Å²) in [6.45, 7) is 10.2. The number of hydrogen-bond acceptors (Lipinski definition) is 5. The van der Waals surface area contributed by atoms with Crippen LogP contribution in [0.25, 0.3) is 0 Å². The van der Waals surface area contributed by atoms with E-state index in [0.29, 0.717) is 17.0 Å². The molecular formula is C22H24BrNO3S. The molecule has 0 saturated heterocycles. The maximum atomic E-state index is 12.1. The van der Waals surface area contributed by atoms with Crippen LogP contribution in [-0.2, 0) is 4.74 Å². The average molecular weight is 462 g/mol. The molecule has 0 fully saturated rings. The van der Waals surface area contributed by atoms with Gasteiger partial charge in [-0.1, -0.05) is 12.8 Å². The fourth-order valence-electron chi connectivity index (χ4n) is 3.62. The molecule has 1 aromatic heterocycles. The summed E-state index contributed by atoms with van der Waals surface area (Å²) in [6, 6.07) is 3.78. The molecule has 1 aliphatic rings. The summed E-state index contributed by atoms with van der Waals surface area (Å²) in [5, 5.41) is 16.1. The average Bonchev–Trinajstić information content (AvgIpc) is 3.09. The maximum absolute atomic E-state index is 12.1. The molecule has 28 heavy (non-hydrogen) atoms. The summed E-state index contributed by atoms with van der Waals surface area (Å²) >= 11 is 5.05. The van der Waals surface area contributed by atoms with Gasteiger partial charge in [0.05, 0.1) is 28.7 Å².